The lowest BCUT2D eigenvalue weighted by molar-refractivity contribution is -0.0245. The van der Waals surface area contributed by atoms with Crippen LogP contribution in [0.5, 0.6) is 0 Å². The summed E-state index contributed by atoms with van der Waals surface area (Å²) >= 11 is 0. The normalized spacial score (nSPS) is 20.3. The molecule has 0 aliphatic heterocycles. The van der Waals surface area contributed by atoms with Gasteiger partial charge in [0.25, 0.3) is 0 Å². The van der Waals surface area contributed by atoms with Crippen LogP contribution in [0.1, 0.15) is 50.7 Å². The minimum absolute atomic E-state index is 0.374. The van der Waals surface area contributed by atoms with E-state index >= 15 is 0 Å². The van der Waals surface area contributed by atoms with Crippen LogP contribution < -0.4 is 5.32 Å². The van der Waals surface area contributed by atoms with Gasteiger partial charge in [-0.05, 0) is 48.8 Å². The van der Waals surface area contributed by atoms with Gasteiger partial charge in [0.15, 0.2) is 0 Å². The molecule has 0 spiro atoms. The van der Waals surface area contributed by atoms with Crippen LogP contribution in [0, 0.1) is 16.7 Å². The molecule has 0 unspecified atom stereocenters. The van der Waals surface area contributed by atoms with E-state index in [4.69, 9.17) is 5.26 Å². The van der Waals surface area contributed by atoms with Gasteiger partial charge in [-0.25, -0.2) is 0 Å². The van der Waals surface area contributed by atoms with Crippen molar-refractivity contribution >= 4 is 0 Å². The van der Waals surface area contributed by atoms with Gasteiger partial charge in [-0.3, -0.25) is 0 Å². The monoisotopic (exact) mass is 272 g/mol. The Morgan fingerprint density at radius 3 is 2.30 bits per heavy atom. The van der Waals surface area contributed by atoms with Crippen LogP contribution >= 0.6 is 0 Å². The molecule has 0 radical (unpaired) electrons. The summed E-state index contributed by atoms with van der Waals surface area (Å²) in [5, 5.41) is 22.7. The number of rotatable bonds is 4. The van der Waals surface area contributed by atoms with Crippen molar-refractivity contribution in [3.05, 3.63) is 35.4 Å². The van der Waals surface area contributed by atoms with E-state index in [0.29, 0.717) is 17.5 Å². The predicted octanol–water partition coefficient (Wildman–Crippen LogP) is 2.98. The molecule has 1 saturated carbocycles. The van der Waals surface area contributed by atoms with Gasteiger partial charge in [-0.1, -0.05) is 26.0 Å². The van der Waals surface area contributed by atoms with Crippen molar-refractivity contribution in [1.82, 2.24) is 5.32 Å². The second-order valence-corrected chi connectivity index (χ2v) is 6.80. The second-order valence-electron chi connectivity index (χ2n) is 6.80. The summed E-state index contributed by atoms with van der Waals surface area (Å²) in [4.78, 5) is 0. The summed E-state index contributed by atoms with van der Waals surface area (Å²) < 4.78 is 0. The van der Waals surface area contributed by atoms with Crippen LogP contribution in [-0.2, 0) is 6.54 Å². The zero-order chi connectivity index (χ0) is 14.6. The van der Waals surface area contributed by atoms with Crippen LogP contribution in [-0.4, -0.2) is 17.3 Å². The minimum atomic E-state index is -0.553. The Morgan fingerprint density at radius 2 is 1.75 bits per heavy atom. The molecule has 0 bridgehead atoms. The summed E-state index contributed by atoms with van der Waals surface area (Å²) in [7, 11) is 0. The number of nitriles is 1. The van der Waals surface area contributed by atoms with Crippen LogP contribution in [0.15, 0.2) is 24.3 Å². The molecular formula is C17H24N2O. The predicted molar refractivity (Wildman–Crippen MR) is 80.1 cm³/mol. The van der Waals surface area contributed by atoms with Crippen molar-refractivity contribution in [2.24, 2.45) is 5.41 Å². The fraction of sp³-hybridized carbons (Fsp3) is 0.588. The zero-order valence-corrected chi connectivity index (χ0v) is 12.4. The third-order valence-corrected chi connectivity index (χ3v) is 4.40. The molecule has 1 aliphatic rings. The molecule has 3 nitrogen and oxygen atoms in total. The molecule has 1 aliphatic carbocycles. The summed E-state index contributed by atoms with van der Waals surface area (Å²) in [6.07, 6.45) is 3.92. The number of hydrogen-bond donors (Lipinski definition) is 2. The van der Waals surface area contributed by atoms with Crippen LogP contribution in [0.2, 0.25) is 0 Å². The van der Waals surface area contributed by atoms with Crippen molar-refractivity contribution in [3.8, 4) is 6.07 Å². The topological polar surface area (TPSA) is 56.0 Å². The van der Waals surface area contributed by atoms with Crippen molar-refractivity contribution in [1.29, 1.82) is 5.26 Å². The third kappa shape index (κ3) is 4.06. The second kappa shape index (κ2) is 5.95. The van der Waals surface area contributed by atoms with E-state index in [2.05, 4.69) is 25.2 Å². The fourth-order valence-electron chi connectivity index (χ4n) is 2.71. The smallest absolute Gasteiger partial charge is 0.0991 e. The average Bonchev–Trinajstić information content (AvgIpc) is 2.44. The summed E-state index contributed by atoms with van der Waals surface area (Å²) in [5.41, 5.74) is 1.65. The van der Waals surface area contributed by atoms with E-state index in [1.54, 1.807) is 0 Å². The van der Waals surface area contributed by atoms with E-state index in [1.165, 1.54) is 0 Å². The Morgan fingerprint density at radius 1 is 1.15 bits per heavy atom. The van der Waals surface area contributed by atoms with Gasteiger partial charge in [0.05, 0.1) is 17.2 Å². The maximum Gasteiger partial charge on any atom is 0.0991 e. The van der Waals surface area contributed by atoms with Gasteiger partial charge >= 0.3 is 0 Å². The highest BCUT2D eigenvalue weighted by molar-refractivity contribution is 5.31. The molecule has 0 heterocycles. The largest absolute Gasteiger partial charge is 0.389 e. The molecule has 0 atom stereocenters. The molecule has 0 aromatic heterocycles. The van der Waals surface area contributed by atoms with E-state index in [1.807, 2.05) is 24.3 Å². The highest BCUT2D eigenvalue weighted by atomic mass is 16.3. The van der Waals surface area contributed by atoms with Crippen LogP contribution in [0.4, 0.5) is 0 Å². The fourth-order valence-corrected chi connectivity index (χ4v) is 2.71. The maximum absolute atomic E-state index is 10.6. The molecule has 0 amide bonds. The van der Waals surface area contributed by atoms with E-state index in [-0.39, 0.29) is 0 Å². The van der Waals surface area contributed by atoms with Crippen molar-refractivity contribution < 1.29 is 5.11 Å². The summed E-state index contributed by atoms with van der Waals surface area (Å²) in [6, 6.07) is 9.69. The summed E-state index contributed by atoms with van der Waals surface area (Å²) in [5.74, 6) is 0. The molecule has 1 aromatic rings. The van der Waals surface area contributed by atoms with E-state index < -0.39 is 5.60 Å². The molecule has 1 aromatic carbocycles. The number of hydrogen-bond acceptors (Lipinski definition) is 3. The van der Waals surface area contributed by atoms with Crippen LogP contribution in [0.3, 0.4) is 0 Å². The summed E-state index contributed by atoms with van der Waals surface area (Å²) in [6.45, 7) is 5.92. The SMILES string of the molecule is CC1(C)CCC(O)(CNCc2ccc(C#N)cc2)CC1. The molecule has 2 rings (SSSR count). The maximum atomic E-state index is 10.6. The van der Waals surface area contributed by atoms with Gasteiger partial charge in [0, 0.05) is 13.1 Å². The Kier molecular flexibility index (Phi) is 4.47. The first kappa shape index (κ1) is 15.0. The van der Waals surface area contributed by atoms with E-state index in [9.17, 15) is 5.11 Å². The lowest BCUT2D eigenvalue weighted by Crippen LogP contribution is -2.44. The Balaban J connectivity index is 1.79. The first-order valence-corrected chi connectivity index (χ1v) is 7.35. The standard InChI is InChI=1S/C17H24N2O/c1-16(2)7-9-17(20,10-8-16)13-19-12-15-5-3-14(11-18)4-6-15/h3-6,19-20H,7-10,12-13H2,1-2H3. The third-order valence-electron chi connectivity index (χ3n) is 4.40. The molecule has 0 saturated heterocycles. The number of aliphatic hydroxyl groups is 1. The Hall–Kier alpha value is -1.37. The van der Waals surface area contributed by atoms with Crippen molar-refractivity contribution in [3.63, 3.8) is 0 Å². The van der Waals surface area contributed by atoms with Gasteiger partial charge in [-0.15, -0.1) is 0 Å². The zero-order valence-electron chi connectivity index (χ0n) is 12.4. The number of nitrogens with zero attached hydrogens (tertiary/aromatic N) is 1. The average molecular weight is 272 g/mol. The molecular weight excluding hydrogens is 248 g/mol. The van der Waals surface area contributed by atoms with Gasteiger partial charge in [-0.2, -0.15) is 5.26 Å². The molecule has 108 valence electrons. The Labute approximate surface area is 121 Å². The van der Waals surface area contributed by atoms with Crippen molar-refractivity contribution in [2.45, 2.75) is 51.7 Å². The number of nitrogens with one attached hydrogen (secondary N) is 1. The van der Waals surface area contributed by atoms with Gasteiger partial charge < -0.3 is 10.4 Å². The lowest BCUT2D eigenvalue weighted by atomic mass is 9.71. The van der Waals surface area contributed by atoms with E-state index in [0.717, 1.165) is 37.8 Å². The number of benzene rings is 1. The highest BCUT2D eigenvalue weighted by Gasteiger charge is 2.36. The Bertz CT molecular complexity index is 475. The molecule has 1 fully saturated rings. The van der Waals surface area contributed by atoms with Crippen molar-refractivity contribution in [2.75, 3.05) is 6.54 Å². The first-order valence-electron chi connectivity index (χ1n) is 7.35. The van der Waals surface area contributed by atoms with Crippen LogP contribution in [0.25, 0.3) is 0 Å². The molecule has 3 heteroatoms. The molecule has 2 N–H and O–H groups in total. The quantitative estimate of drug-likeness (QED) is 0.886. The van der Waals surface area contributed by atoms with Gasteiger partial charge in [0.2, 0.25) is 0 Å². The molecule has 20 heavy (non-hydrogen) atoms. The first-order chi connectivity index (χ1) is 9.42. The minimum Gasteiger partial charge on any atom is -0.389 e. The lowest BCUT2D eigenvalue weighted by Gasteiger charge is -2.40. The van der Waals surface area contributed by atoms with Gasteiger partial charge in [0.1, 0.15) is 0 Å². The highest BCUT2D eigenvalue weighted by Crippen LogP contribution is 2.39.